The van der Waals surface area contributed by atoms with Gasteiger partial charge in [0, 0.05) is 19.7 Å². The Morgan fingerprint density at radius 2 is 2.05 bits per heavy atom. The Morgan fingerprint density at radius 1 is 1.47 bits per heavy atom. The Kier molecular flexibility index (Phi) is 5.01. The van der Waals surface area contributed by atoms with Crippen LogP contribution in [0.5, 0.6) is 0 Å². The molecule has 1 aromatic rings. The Bertz CT molecular complexity index is 527. The van der Waals surface area contributed by atoms with E-state index in [0.717, 1.165) is 24.3 Å². The lowest BCUT2D eigenvalue weighted by Gasteiger charge is -2.19. The minimum absolute atomic E-state index is 0.120. The molecule has 0 spiro atoms. The molecule has 6 heteroatoms. The fourth-order valence-electron chi connectivity index (χ4n) is 1.54. The normalized spacial score (nSPS) is 10.4. The molecule has 0 saturated heterocycles. The van der Waals surface area contributed by atoms with Crippen molar-refractivity contribution in [3.8, 4) is 6.07 Å². The maximum Gasteiger partial charge on any atom is 0.328 e. The van der Waals surface area contributed by atoms with Crippen molar-refractivity contribution >= 4 is 17.7 Å². The molecule has 0 atom stereocenters. The molecule has 0 aliphatic rings. The first-order valence-electron chi connectivity index (χ1n) is 5.44. The van der Waals surface area contributed by atoms with Crippen molar-refractivity contribution in [2.45, 2.75) is 6.42 Å². The molecule has 0 fully saturated rings. The molecule has 0 unspecified atom stereocenters. The lowest BCUT2D eigenvalue weighted by molar-refractivity contribution is -0.131. The van der Waals surface area contributed by atoms with E-state index in [1.807, 2.05) is 6.07 Å². The summed E-state index contributed by atoms with van der Waals surface area (Å²) in [6, 6.07) is 3.97. The highest BCUT2D eigenvalue weighted by Gasteiger charge is 2.14. The van der Waals surface area contributed by atoms with E-state index in [9.17, 15) is 13.6 Å². The van der Waals surface area contributed by atoms with E-state index < -0.39 is 17.6 Å². The van der Waals surface area contributed by atoms with Crippen LogP contribution in [0.25, 0.3) is 6.08 Å². The molecular weight excluding hydrogens is 254 g/mol. The van der Waals surface area contributed by atoms with Gasteiger partial charge < -0.3 is 10.0 Å². The smallest absolute Gasteiger partial charge is 0.328 e. The highest BCUT2D eigenvalue weighted by molar-refractivity contribution is 5.85. The summed E-state index contributed by atoms with van der Waals surface area (Å²) in [4.78, 5) is 11.6. The third-order valence-corrected chi connectivity index (χ3v) is 2.40. The second-order valence-corrected chi connectivity index (χ2v) is 3.83. The fraction of sp³-hybridized carbons (Fsp3) is 0.231. The Labute approximate surface area is 109 Å². The van der Waals surface area contributed by atoms with E-state index in [4.69, 9.17) is 10.4 Å². The summed E-state index contributed by atoms with van der Waals surface area (Å²) in [5, 5.41) is 16.9. The number of anilines is 1. The molecule has 19 heavy (non-hydrogen) atoms. The van der Waals surface area contributed by atoms with E-state index in [1.165, 1.54) is 11.9 Å². The van der Waals surface area contributed by atoms with Crippen LogP contribution in [0.4, 0.5) is 14.5 Å². The van der Waals surface area contributed by atoms with Gasteiger partial charge in [-0.2, -0.15) is 5.26 Å². The largest absolute Gasteiger partial charge is 0.478 e. The third-order valence-electron chi connectivity index (χ3n) is 2.40. The highest BCUT2D eigenvalue weighted by atomic mass is 19.1. The zero-order valence-corrected chi connectivity index (χ0v) is 10.2. The van der Waals surface area contributed by atoms with E-state index in [-0.39, 0.29) is 24.2 Å². The van der Waals surface area contributed by atoms with Crippen molar-refractivity contribution in [1.82, 2.24) is 0 Å². The number of hydrogen-bond donors (Lipinski definition) is 1. The molecule has 0 radical (unpaired) electrons. The van der Waals surface area contributed by atoms with Crippen LogP contribution in [-0.4, -0.2) is 24.7 Å². The molecule has 0 heterocycles. The maximum atomic E-state index is 13.8. The van der Waals surface area contributed by atoms with Crippen LogP contribution >= 0.6 is 0 Å². The van der Waals surface area contributed by atoms with Crippen molar-refractivity contribution in [3.63, 3.8) is 0 Å². The van der Waals surface area contributed by atoms with Gasteiger partial charge in [0.2, 0.25) is 0 Å². The third kappa shape index (κ3) is 4.07. The molecule has 0 saturated carbocycles. The topological polar surface area (TPSA) is 64.3 Å². The lowest BCUT2D eigenvalue weighted by atomic mass is 10.1. The summed E-state index contributed by atoms with van der Waals surface area (Å²) < 4.78 is 27.5. The van der Waals surface area contributed by atoms with E-state index >= 15 is 0 Å². The van der Waals surface area contributed by atoms with Crippen molar-refractivity contribution in [2.24, 2.45) is 0 Å². The van der Waals surface area contributed by atoms with Gasteiger partial charge in [0.25, 0.3) is 0 Å². The van der Waals surface area contributed by atoms with Crippen molar-refractivity contribution in [3.05, 3.63) is 35.4 Å². The van der Waals surface area contributed by atoms with E-state index in [2.05, 4.69) is 0 Å². The van der Waals surface area contributed by atoms with E-state index in [1.54, 1.807) is 0 Å². The minimum atomic E-state index is -1.20. The second kappa shape index (κ2) is 6.50. The van der Waals surface area contributed by atoms with Gasteiger partial charge >= 0.3 is 5.97 Å². The average molecular weight is 266 g/mol. The minimum Gasteiger partial charge on any atom is -0.478 e. The molecule has 0 bridgehead atoms. The van der Waals surface area contributed by atoms with Gasteiger partial charge in [0.15, 0.2) is 0 Å². The monoisotopic (exact) mass is 266 g/mol. The number of hydrogen-bond acceptors (Lipinski definition) is 3. The maximum absolute atomic E-state index is 13.8. The molecular formula is C13H12F2N2O2. The van der Waals surface area contributed by atoms with E-state index in [0.29, 0.717) is 0 Å². The fourth-order valence-corrected chi connectivity index (χ4v) is 1.54. The first kappa shape index (κ1) is 14.6. The zero-order valence-electron chi connectivity index (χ0n) is 10.2. The predicted molar refractivity (Wildman–Crippen MR) is 66.5 cm³/mol. The van der Waals surface area contributed by atoms with Gasteiger partial charge in [-0.05, 0) is 23.8 Å². The number of benzene rings is 1. The van der Waals surface area contributed by atoms with Crippen molar-refractivity contribution in [2.75, 3.05) is 18.5 Å². The molecule has 0 amide bonds. The van der Waals surface area contributed by atoms with Crippen molar-refractivity contribution in [1.29, 1.82) is 5.26 Å². The van der Waals surface area contributed by atoms with Gasteiger partial charge in [0.05, 0.1) is 12.5 Å². The molecule has 4 nitrogen and oxygen atoms in total. The molecule has 0 aliphatic heterocycles. The van der Waals surface area contributed by atoms with Crippen LogP contribution in [-0.2, 0) is 4.79 Å². The van der Waals surface area contributed by atoms with Crippen LogP contribution in [0.15, 0.2) is 18.2 Å². The standard InChI is InChI=1S/C13H12F2N2O2/c1-17(6-2-5-16)13-10(14)7-9(8-11(13)15)3-4-12(18)19/h3-4,7-8H,2,6H2,1H3,(H,18,19). The summed E-state index contributed by atoms with van der Waals surface area (Å²) in [6.07, 6.45) is 2.05. The summed E-state index contributed by atoms with van der Waals surface area (Å²) in [5.41, 5.74) is -0.113. The molecule has 0 aliphatic carbocycles. The number of nitriles is 1. The van der Waals surface area contributed by atoms with Crippen LogP contribution in [0, 0.1) is 23.0 Å². The Balaban J connectivity index is 3.04. The SMILES string of the molecule is CN(CCC#N)c1c(F)cc(C=CC(=O)O)cc1F. The summed E-state index contributed by atoms with van der Waals surface area (Å²) in [7, 11) is 1.48. The van der Waals surface area contributed by atoms with Crippen LogP contribution in [0.3, 0.4) is 0 Å². The Morgan fingerprint density at radius 3 is 2.53 bits per heavy atom. The molecule has 100 valence electrons. The number of carboxylic acids is 1. The number of nitrogens with zero attached hydrogens (tertiary/aromatic N) is 2. The quantitative estimate of drug-likeness (QED) is 0.831. The molecule has 0 aromatic heterocycles. The van der Waals surface area contributed by atoms with Gasteiger partial charge in [-0.25, -0.2) is 13.6 Å². The van der Waals surface area contributed by atoms with Gasteiger partial charge in [-0.1, -0.05) is 0 Å². The number of rotatable bonds is 5. The molecule has 1 rings (SSSR count). The molecule has 1 aromatic carbocycles. The second-order valence-electron chi connectivity index (χ2n) is 3.83. The van der Waals surface area contributed by atoms with Crippen molar-refractivity contribution < 1.29 is 18.7 Å². The number of carbonyl (C=O) groups is 1. The first-order valence-corrected chi connectivity index (χ1v) is 5.44. The zero-order chi connectivity index (χ0) is 14.4. The summed E-state index contributed by atoms with van der Waals surface area (Å²) >= 11 is 0. The Hall–Kier alpha value is -2.42. The highest BCUT2D eigenvalue weighted by Crippen LogP contribution is 2.24. The van der Waals surface area contributed by atoms with Crippen LogP contribution in [0.1, 0.15) is 12.0 Å². The summed E-state index contributed by atoms with van der Waals surface area (Å²) in [5.74, 6) is -2.80. The lowest BCUT2D eigenvalue weighted by Crippen LogP contribution is -2.20. The number of aliphatic carboxylic acids is 1. The number of carboxylic acid groups (broad SMARTS) is 1. The van der Waals surface area contributed by atoms with Gasteiger partial charge in [0.1, 0.15) is 17.3 Å². The first-order chi connectivity index (χ1) is 8.95. The van der Waals surface area contributed by atoms with Crippen LogP contribution < -0.4 is 4.90 Å². The molecule has 1 N–H and O–H groups in total. The average Bonchev–Trinajstić information content (AvgIpc) is 2.33. The van der Waals surface area contributed by atoms with Crippen LogP contribution in [0.2, 0.25) is 0 Å². The number of halogens is 2. The summed E-state index contributed by atoms with van der Waals surface area (Å²) in [6.45, 7) is 0.203. The predicted octanol–water partition coefficient (Wildman–Crippen LogP) is 2.41. The van der Waals surface area contributed by atoms with Gasteiger partial charge in [-0.3, -0.25) is 0 Å². The van der Waals surface area contributed by atoms with Gasteiger partial charge in [-0.15, -0.1) is 0 Å².